The maximum atomic E-state index is 13.4. The number of para-hydroxylation sites is 1. The van der Waals surface area contributed by atoms with Crippen molar-refractivity contribution in [1.29, 1.82) is 0 Å². The van der Waals surface area contributed by atoms with E-state index in [1.165, 1.54) is 5.56 Å². The summed E-state index contributed by atoms with van der Waals surface area (Å²) in [7, 11) is 1.69. The zero-order chi connectivity index (χ0) is 23.4. The van der Waals surface area contributed by atoms with Crippen LogP contribution in [0.1, 0.15) is 55.2 Å². The van der Waals surface area contributed by atoms with Gasteiger partial charge >= 0.3 is 0 Å². The Morgan fingerprint density at radius 3 is 2.33 bits per heavy atom. The molecule has 33 heavy (non-hydrogen) atoms. The molecule has 1 atom stereocenters. The normalized spacial score (nSPS) is 17.5. The van der Waals surface area contributed by atoms with Crippen molar-refractivity contribution in [2.45, 2.75) is 44.6 Å². The second kappa shape index (κ2) is 10.5. The van der Waals surface area contributed by atoms with Crippen LogP contribution in [0.4, 0.5) is 5.69 Å². The van der Waals surface area contributed by atoms with Gasteiger partial charge in [0.05, 0.1) is 18.4 Å². The Balaban J connectivity index is 1.55. The van der Waals surface area contributed by atoms with E-state index in [9.17, 15) is 9.59 Å². The minimum atomic E-state index is -0.470. The van der Waals surface area contributed by atoms with E-state index in [-0.39, 0.29) is 23.8 Å². The van der Waals surface area contributed by atoms with Crippen LogP contribution in [-0.2, 0) is 14.3 Å². The highest BCUT2D eigenvalue weighted by atomic mass is 16.5. The zero-order valence-corrected chi connectivity index (χ0v) is 19.8. The van der Waals surface area contributed by atoms with Gasteiger partial charge in [-0.25, -0.2) is 0 Å². The quantitative estimate of drug-likeness (QED) is 0.580. The number of carbonyl (C=O) groups is 2. The number of benzene rings is 2. The Morgan fingerprint density at radius 2 is 1.70 bits per heavy atom. The Kier molecular flexibility index (Phi) is 7.46. The lowest BCUT2D eigenvalue weighted by atomic mass is 9.87. The Bertz CT molecular complexity index is 963. The molecule has 0 radical (unpaired) electrons. The van der Waals surface area contributed by atoms with E-state index in [2.05, 4.69) is 41.5 Å². The number of likely N-dealkylation sites (tertiary alicyclic amines) is 1. The first-order chi connectivity index (χ1) is 16.0. The monoisotopic (exact) mass is 449 g/mol. The van der Waals surface area contributed by atoms with E-state index in [0.29, 0.717) is 18.2 Å². The highest BCUT2D eigenvalue weighted by Gasteiger charge is 2.34. The fourth-order valence-electron chi connectivity index (χ4n) is 4.29. The predicted octanol–water partition coefficient (Wildman–Crippen LogP) is 3.74. The van der Waals surface area contributed by atoms with Crippen LogP contribution in [-0.4, -0.2) is 56.1 Å². The third-order valence-electron chi connectivity index (χ3n) is 6.59. The summed E-state index contributed by atoms with van der Waals surface area (Å²) in [6, 6.07) is 16.2. The highest BCUT2D eigenvalue weighted by molar-refractivity contribution is 5.96. The van der Waals surface area contributed by atoms with E-state index in [0.717, 1.165) is 43.6 Å². The number of amides is 2. The van der Waals surface area contributed by atoms with Gasteiger partial charge in [-0.2, -0.15) is 0 Å². The van der Waals surface area contributed by atoms with Gasteiger partial charge in [-0.3, -0.25) is 14.5 Å². The van der Waals surface area contributed by atoms with Gasteiger partial charge in [-0.1, -0.05) is 56.3 Å². The largest absolute Gasteiger partial charge is 0.383 e. The van der Waals surface area contributed by atoms with Gasteiger partial charge in [-0.05, 0) is 41.5 Å². The van der Waals surface area contributed by atoms with Crippen LogP contribution in [0, 0.1) is 5.92 Å². The van der Waals surface area contributed by atoms with Crippen molar-refractivity contribution in [3.8, 4) is 0 Å². The van der Waals surface area contributed by atoms with Crippen LogP contribution >= 0.6 is 0 Å². The Morgan fingerprint density at radius 1 is 1.03 bits per heavy atom. The van der Waals surface area contributed by atoms with Crippen molar-refractivity contribution in [3.63, 3.8) is 0 Å². The molecule has 0 bridgehead atoms. The lowest BCUT2D eigenvalue weighted by molar-refractivity contribution is -0.125. The summed E-state index contributed by atoms with van der Waals surface area (Å²) in [4.78, 5) is 28.5. The van der Waals surface area contributed by atoms with Gasteiger partial charge in [0.1, 0.15) is 0 Å². The van der Waals surface area contributed by atoms with Crippen molar-refractivity contribution in [3.05, 3.63) is 65.2 Å². The molecule has 2 fully saturated rings. The molecule has 1 heterocycles. The molecular formula is C27H35N3O3. The third-order valence-corrected chi connectivity index (χ3v) is 6.59. The first kappa shape index (κ1) is 23.5. The van der Waals surface area contributed by atoms with Gasteiger partial charge in [0.25, 0.3) is 0 Å². The van der Waals surface area contributed by atoms with Crippen molar-refractivity contribution in [2.24, 2.45) is 5.92 Å². The molecule has 6 heteroatoms. The molecular weight excluding hydrogens is 414 g/mol. The van der Waals surface area contributed by atoms with Crippen molar-refractivity contribution in [2.75, 3.05) is 38.7 Å². The zero-order valence-electron chi connectivity index (χ0n) is 19.8. The number of carbonyl (C=O) groups excluding carboxylic acids is 2. The molecule has 2 aromatic carbocycles. The third kappa shape index (κ3) is 5.81. The molecule has 2 amide bonds. The molecule has 1 unspecified atom stereocenters. The second-order valence-electron chi connectivity index (χ2n) is 9.56. The highest BCUT2D eigenvalue weighted by Crippen LogP contribution is 2.33. The van der Waals surface area contributed by atoms with Crippen LogP contribution < -0.4 is 10.6 Å². The lowest BCUT2D eigenvalue weighted by Crippen LogP contribution is -2.52. The second-order valence-corrected chi connectivity index (χ2v) is 9.56. The number of hydrogen-bond donors (Lipinski definition) is 2. The Labute approximate surface area is 196 Å². The average molecular weight is 450 g/mol. The minimum absolute atomic E-state index is 0.00706. The number of nitrogens with one attached hydrogen (secondary N) is 2. The summed E-state index contributed by atoms with van der Waals surface area (Å²) in [5.41, 5.74) is 3.72. The van der Waals surface area contributed by atoms with Crippen molar-refractivity contribution < 1.29 is 14.3 Å². The maximum absolute atomic E-state index is 13.4. The summed E-state index contributed by atoms with van der Waals surface area (Å²) in [6.45, 7) is 7.30. The summed E-state index contributed by atoms with van der Waals surface area (Å²) in [5.74, 6) is -0.0873. The van der Waals surface area contributed by atoms with Gasteiger partial charge in [-0.15, -0.1) is 0 Å². The van der Waals surface area contributed by atoms with Gasteiger partial charge in [0, 0.05) is 38.5 Å². The number of methoxy groups -OCH3 is 1. The molecule has 1 aliphatic carbocycles. The molecule has 4 rings (SSSR count). The van der Waals surface area contributed by atoms with E-state index in [1.807, 2.05) is 36.4 Å². The van der Waals surface area contributed by atoms with Crippen LogP contribution in [0.15, 0.2) is 48.5 Å². The first-order valence-electron chi connectivity index (χ1n) is 12.0. The lowest BCUT2D eigenvalue weighted by Gasteiger charge is -2.38. The standard InChI is InChI=1S/C27H35N3O3/c1-18(2)19-8-10-20(11-9-19)25(27(32)28-22-12-13-22)23-6-4-5-7-24(23)29-26(31)21-16-30(17-21)14-15-33-3/h4-11,18,21-22,25H,12-17H2,1-3H3,(H,28,32)(H,29,31). The van der Waals surface area contributed by atoms with Crippen LogP contribution in [0.3, 0.4) is 0 Å². The van der Waals surface area contributed by atoms with E-state index in [1.54, 1.807) is 7.11 Å². The van der Waals surface area contributed by atoms with E-state index < -0.39 is 5.92 Å². The fourth-order valence-corrected chi connectivity index (χ4v) is 4.29. The molecule has 6 nitrogen and oxygen atoms in total. The number of hydrogen-bond acceptors (Lipinski definition) is 4. The maximum Gasteiger partial charge on any atom is 0.232 e. The van der Waals surface area contributed by atoms with E-state index >= 15 is 0 Å². The first-order valence-corrected chi connectivity index (χ1v) is 12.0. The number of rotatable bonds is 10. The van der Waals surface area contributed by atoms with Crippen molar-refractivity contribution >= 4 is 17.5 Å². The predicted molar refractivity (Wildman–Crippen MR) is 130 cm³/mol. The molecule has 2 N–H and O–H groups in total. The molecule has 2 aliphatic rings. The van der Waals surface area contributed by atoms with Gasteiger partial charge < -0.3 is 15.4 Å². The van der Waals surface area contributed by atoms with Gasteiger partial charge in [0.2, 0.25) is 11.8 Å². The smallest absolute Gasteiger partial charge is 0.232 e. The summed E-state index contributed by atoms with van der Waals surface area (Å²) >= 11 is 0. The topological polar surface area (TPSA) is 70.7 Å². The molecule has 1 saturated heterocycles. The molecule has 0 aromatic heterocycles. The number of anilines is 1. The number of ether oxygens (including phenoxy) is 1. The Hall–Kier alpha value is -2.70. The number of nitrogens with zero attached hydrogens (tertiary/aromatic N) is 1. The minimum Gasteiger partial charge on any atom is -0.383 e. The summed E-state index contributed by atoms with van der Waals surface area (Å²) < 4.78 is 5.12. The molecule has 2 aromatic rings. The van der Waals surface area contributed by atoms with Gasteiger partial charge in [0.15, 0.2) is 0 Å². The van der Waals surface area contributed by atoms with Crippen LogP contribution in [0.25, 0.3) is 0 Å². The summed E-state index contributed by atoms with van der Waals surface area (Å²) in [6.07, 6.45) is 2.06. The van der Waals surface area contributed by atoms with E-state index in [4.69, 9.17) is 4.74 Å². The molecule has 1 saturated carbocycles. The fraction of sp³-hybridized carbons (Fsp3) is 0.481. The van der Waals surface area contributed by atoms with Crippen LogP contribution in [0.5, 0.6) is 0 Å². The van der Waals surface area contributed by atoms with Crippen LogP contribution in [0.2, 0.25) is 0 Å². The molecule has 1 aliphatic heterocycles. The average Bonchev–Trinajstić information content (AvgIpc) is 3.58. The molecule has 176 valence electrons. The molecule has 0 spiro atoms. The summed E-state index contributed by atoms with van der Waals surface area (Å²) in [5, 5.41) is 6.29. The SMILES string of the molecule is COCCN1CC(C(=O)Nc2ccccc2C(C(=O)NC2CC2)c2ccc(C(C)C)cc2)C1. The van der Waals surface area contributed by atoms with Crippen molar-refractivity contribution in [1.82, 2.24) is 10.2 Å².